The second-order valence-corrected chi connectivity index (χ2v) is 15.7. The summed E-state index contributed by atoms with van der Waals surface area (Å²) in [6.45, 7) is 4.72. The molecular formula is C55H39N. The molecule has 56 heavy (non-hydrogen) atoms. The van der Waals surface area contributed by atoms with Crippen LogP contribution in [0.2, 0.25) is 0 Å². The number of hydrogen-bond donors (Lipinski definition) is 0. The van der Waals surface area contributed by atoms with Crippen LogP contribution in [0.5, 0.6) is 0 Å². The van der Waals surface area contributed by atoms with Gasteiger partial charge in [0, 0.05) is 22.4 Å². The number of fused-ring (bicyclic) bond motifs is 10. The van der Waals surface area contributed by atoms with Crippen LogP contribution in [0.25, 0.3) is 76.5 Å². The summed E-state index contributed by atoms with van der Waals surface area (Å²) >= 11 is 0. The number of hydrogen-bond acceptors (Lipinski definition) is 1. The number of para-hydroxylation sites is 1. The molecule has 264 valence electrons. The maximum absolute atomic E-state index is 2.45. The first-order valence-electron chi connectivity index (χ1n) is 19.6. The zero-order valence-electron chi connectivity index (χ0n) is 31.5. The first kappa shape index (κ1) is 32.5. The van der Waals surface area contributed by atoms with Crippen molar-refractivity contribution in [3.8, 4) is 33.4 Å². The van der Waals surface area contributed by atoms with E-state index < -0.39 is 0 Å². The van der Waals surface area contributed by atoms with E-state index in [2.05, 4.69) is 219 Å². The lowest BCUT2D eigenvalue weighted by Gasteiger charge is -2.30. The lowest BCUT2D eigenvalue weighted by Crippen LogP contribution is -2.16. The smallest absolute Gasteiger partial charge is 0.0540 e. The van der Waals surface area contributed by atoms with Gasteiger partial charge >= 0.3 is 0 Å². The summed E-state index contributed by atoms with van der Waals surface area (Å²) in [5, 5.41) is 10.3. The Balaban J connectivity index is 1.09. The molecule has 0 heterocycles. The maximum Gasteiger partial charge on any atom is 0.0540 e. The van der Waals surface area contributed by atoms with Crippen molar-refractivity contribution in [3.05, 3.63) is 211 Å². The van der Waals surface area contributed by atoms with Gasteiger partial charge in [-0.1, -0.05) is 178 Å². The van der Waals surface area contributed by atoms with E-state index in [1.165, 1.54) is 87.6 Å². The first-order valence-corrected chi connectivity index (χ1v) is 19.6. The highest BCUT2D eigenvalue weighted by atomic mass is 15.1. The zero-order chi connectivity index (χ0) is 37.4. The van der Waals surface area contributed by atoms with Crippen molar-refractivity contribution < 1.29 is 0 Å². The molecular weight excluding hydrogens is 675 g/mol. The van der Waals surface area contributed by atoms with Crippen molar-refractivity contribution in [2.75, 3.05) is 4.90 Å². The maximum atomic E-state index is 2.45. The second-order valence-electron chi connectivity index (χ2n) is 15.7. The third-order valence-corrected chi connectivity index (χ3v) is 12.2. The molecule has 0 bridgehead atoms. The molecule has 0 N–H and O–H groups in total. The van der Waals surface area contributed by atoms with Crippen molar-refractivity contribution >= 4 is 60.2 Å². The topological polar surface area (TPSA) is 3.24 Å². The van der Waals surface area contributed by atoms with Gasteiger partial charge in [-0.3, -0.25) is 0 Å². The highest BCUT2D eigenvalue weighted by molar-refractivity contribution is 6.29. The SMILES string of the molecule is CC1(C)c2ccccc2-c2ccc(N(c3ccc(-c4cc5ccc6ccc7ccccc7c6c5c5ccccc45)cc3)c3ccccc3-c3ccccc3)cc21. The van der Waals surface area contributed by atoms with Gasteiger partial charge < -0.3 is 4.90 Å². The zero-order valence-corrected chi connectivity index (χ0v) is 31.5. The van der Waals surface area contributed by atoms with Gasteiger partial charge in [-0.25, -0.2) is 0 Å². The average molecular weight is 714 g/mol. The van der Waals surface area contributed by atoms with Gasteiger partial charge in [-0.15, -0.1) is 0 Å². The molecule has 1 aliphatic carbocycles. The molecule has 1 heteroatoms. The van der Waals surface area contributed by atoms with Crippen LogP contribution in [0.15, 0.2) is 200 Å². The Labute approximate surface area is 327 Å². The van der Waals surface area contributed by atoms with Crippen molar-refractivity contribution in [1.29, 1.82) is 0 Å². The van der Waals surface area contributed by atoms with Gasteiger partial charge in [0.25, 0.3) is 0 Å². The Morgan fingerprint density at radius 2 is 0.911 bits per heavy atom. The molecule has 0 unspecified atom stereocenters. The van der Waals surface area contributed by atoms with E-state index in [-0.39, 0.29) is 5.41 Å². The summed E-state index contributed by atoms with van der Waals surface area (Å²) < 4.78 is 0. The average Bonchev–Trinajstić information content (AvgIpc) is 3.49. The minimum Gasteiger partial charge on any atom is -0.310 e. The molecule has 0 saturated heterocycles. The Morgan fingerprint density at radius 3 is 1.73 bits per heavy atom. The summed E-state index contributed by atoms with van der Waals surface area (Å²) in [7, 11) is 0. The Morgan fingerprint density at radius 1 is 0.339 bits per heavy atom. The fourth-order valence-corrected chi connectivity index (χ4v) is 9.51. The number of nitrogens with zero attached hydrogens (tertiary/aromatic N) is 1. The normalized spacial score (nSPS) is 13.0. The van der Waals surface area contributed by atoms with Crippen molar-refractivity contribution in [3.63, 3.8) is 0 Å². The largest absolute Gasteiger partial charge is 0.310 e. The van der Waals surface area contributed by atoms with Crippen molar-refractivity contribution in [2.45, 2.75) is 19.3 Å². The molecule has 0 saturated carbocycles. The second kappa shape index (κ2) is 12.5. The predicted molar refractivity (Wildman–Crippen MR) is 240 cm³/mol. The molecule has 0 atom stereocenters. The molecule has 0 aliphatic heterocycles. The summed E-state index contributed by atoms with van der Waals surface area (Å²) in [6.07, 6.45) is 0. The highest BCUT2D eigenvalue weighted by Crippen LogP contribution is 2.51. The van der Waals surface area contributed by atoms with E-state index in [0.29, 0.717) is 0 Å². The van der Waals surface area contributed by atoms with E-state index in [4.69, 9.17) is 0 Å². The molecule has 0 fully saturated rings. The van der Waals surface area contributed by atoms with Crippen molar-refractivity contribution in [1.82, 2.24) is 0 Å². The third kappa shape index (κ3) is 4.94. The van der Waals surface area contributed by atoms with Crippen LogP contribution in [0.3, 0.4) is 0 Å². The van der Waals surface area contributed by atoms with Crippen LogP contribution in [0.1, 0.15) is 25.0 Å². The monoisotopic (exact) mass is 713 g/mol. The lowest BCUT2D eigenvalue weighted by atomic mass is 9.82. The van der Waals surface area contributed by atoms with E-state index >= 15 is 0 Å². The molecule has 0 spiro atoms. The van der Waals surface area contributed by atoms with Crippen LogP contribution in [-0.2, 0) is 5.41 Å². The summed E-state index contributed by atoms with van der Waals surface area (Å²) in [5.41, 5.74) is 13.5. The summed E-state index contributed by atoms with van der Waals surface area (Å²) in [4.78, 5) is 2.45. The number of anilines is 3. The molecule has 0 radical (unpaired) electrons. The van der Waals surface area contributed by atoms with Crippen molar-refractivity contribution in [2.24, 2.45) is 0 Å². The molecule has 1 nitrogen and oxygen atoms in total. The molecule has 1 aliphatic rings. The lowest BCUT2D eigenvalue weighted by molar-refractivity contribution is 0.660. The van der Waals surface area contributed by atoms with Gasteiger partial charge in [0.15, 0.2) is 0 Å². The Kier molecular flexibility index (Phi) is 7.28. The van der Waals surface area contributed by atoms with Crippen LogP contribution in [-0.4, -0.2) is 0 Å². The standard InChI is InChI=1S/C55H39N/c1-55(2)50-22-12-10-20-46(50)47-33-32-42(35-51(47)55)56(52-23-13-11-17-43(52)36-14-4-3-5-15-36)41-30-28-38(29-31-41)49-34-40-27-26-39-25-24-37-16-6-7-18-44(37)53(39)54(40)48-21-9-8-19-45(48)49/h3-35H,1-2H3. The third-order valence-electron chi connectivity index (χ3n) is 12.2. The number of rotatable bonds is 5. The minimum absolute atomic E-state index is 0.106. The van der Waals surface area contributed by atoms with Crippen LogP contribution < -0.4 is 4.90 Å². The van der Waals surface area contributed by atoms with E-state index in [1.807, 2.05) is 0 Å². The molecule has 10 aromatic rings. The van der Waals surface area contributed by atoms with E-state index in [1.54, 1.807) is 0 Å². The van der Waals surface area contributed by atoms with E-state index in [0.717, 1.165) is 17.1 Å². The fraction of sp³-hybridized carbons (Fsp3) is 0.0545. The van der Waals surface area contributed by atoms with Crippen LogP contribution in [0.4, 0.5) is 17.1 Å². The highest BCUT2D eigenvalue weighted by Gasteiger charge is 2.36. The molecule has 0 aromatic heterocycles. The molecule has 11 rings (SSSR count). The quantitative estimate of drug-likeness (QED) is 0.161. The van der Waals surface area contributed by atoms with E-state index in [9.17, 15) is 0 Å². The minimum atomic E-state index is -0.106. The van der Waals surface area contributed by atoms with Gasteiger partial charge in [0.05, 0.1) is 5.69 Å². The van der Waals surface area contributed by atoms with Crippen LogP contribution >= 0.6 is 0 Å². The molecule has 0 amide bonds. The predicted octanol–water partition coefficient (Wildman–Crippen LogP) is 15.4. The Hall–Kier alpha value is -6.96. The fourth-order valence-electron chi connectivity index (χ4n) is 9.51. The first-order chi connectivity index (χ1) is 27.5. The van der Waals surface area contributed by atoms with Crippen LogP contribution in [0, 0.1) is 0 Å². The summed E-state index contributed by atoms with van der Waals surface area (Å²) in [5.74, 6) is 0. The number of benzene rings is 10. The summed E-state index contributed by atoms with van der Waals surface area (Å²) in [6, 6.07) is 73.9. The Bertz CT molecular complexity index is 3150. The van der Waals surface area contributed by atoms with Gasteiger partial charge in [0.1, 0.15) is 0 Å². The van der Waals surface area contributed by atoms with Gasteiger partial charge in [-0.05, 0) is 118 Å². The molecule has 10 aromatic carbocycles. The van der Waals surface area contributed by atoms with Gasteiger partial charge in [-0.2, -0.15) is 0 Å². The van der Waals surface area contributed by atoms with Gasteiger partial charge in [0.2, 0.25) is 0 Å².